The third-order valence-electron chi connectivity index (χ3n) is 1.10. The number of halogens is 1. The van der Waals surface area contributed by atoms with Gasteiger partial charge in [0.25, 0.3) is 0 Å². The SMILES string of the molecule is CC(C)(C)OC(=O)CC(N)C(=O)Cl. The average molecular weight is 208 g/mol. The molecule has 0 heterocycles. The molecule has 0 aromatic carbocycles. The van der Waals surface area contributed by atoms with E-state index < -0.39 is 22.9 Å². The molecule has 0 spiro atoms. The second-order valence-electron chi connectivity index (χ2n) is 3.70. The number of ether oxygens (including phenoxy) is 1. The lowest BCUT2D eigenvalue weighted by Gasteiger charge is -2.20. The zero-order valence-corrected chi connectivity index (χ0v) is 8.72. The molecule has 0 aliphatic heterocycles. The van der Waals surface area contributed by atoms with Crippen LogP contribution in [0.1, 0.15) is 27.2 Å². The molecule has 0 radical (unpaired) electrons. The van der Waals surface area contributed by atoms with Crippen LogP contribution in [0.5, 0.6) is 0 Å². The topological polar surface area (TPSA) is 69.4 Å². The summed E-state index contributed by atoms with van der Waals surface area (Å²) in [6.07, 6.45) is -0.181. The predicted molar refractivity (Wildman–Crippen MR) is 49.3 cm³/mol. The lowest BCUT2D eigenvalue weighted by atomic mass is 10.2. The zero-order chi connectivity index (χ0) is 10.6. The number of hydrogen-bond donors (Lipinski definition) is 1. The van der Waals surface area contributed by atoms with Crippen molar-refractivity contribution < 1.29 is 14.3 Å². The van der Waals surface area contributed by atoms with Crippen LogP contribution >= 0.6 is 11.6 Å². The van der Waals surface area contributed by atoms with Crippen molar-refractivity contribution in [2.24, 2.45) is 5.73 Å². The fourth-order valence-electron chi connectivity index (χ4n) is 0.643. The molecule has 4 nitrogen and oxygen atoms in total. The summed E-state index contributed by atoms with van der Waals surface area (Å²) in [6.45, 7) is 5.21. The van der Waals surface area contributed by atoms with Crippen molar-refractivity contribution in [3.8, 4) is 0 Å². The fraction of sp³-hybridized carbons (Fsp3) is 0.750. The van der Waals surface area contributed by atoms with E-state index in [0.717, 1.165) is 0 Å². The summed E-state index contributed by atoms with van der Waals surface area (Å²) >= 11 is 5.07. The molecule has 76 valence electrons. The van der Waals surface area contributed by atoms with Crippen LogP contribution < -0.4 is 5.73 Å². The van der Waals surface area contributed by atoms with E-state index in [2.05, 4.69) is 0 Å². The average Bonchev–Trinajstić information content (AvgIpc) is 1.81. The van der Waals surface area contributed by atoms with Crippen LogP contribution in [-0.2, 0) is 14.3 Å². The zero-order valence-electron chi connectivity index (χ0n) is 7.96. The molecule has 0 saturated heterocycles. The Hall–Kier alpha value is -0.610. The maximum atomic E-state index is 11.1. The number of carbonyl (C=O) groups is 2. The Morgan fingerprint density at radius 2 is 1.92 bits per heavy atom. The standard InChI is InChI=1S/C8H14ClNO3/c1-8(2,3)13-6(11)4-5(10)7(9)12/h5H,4,10H2,1-3H3. The molecule has 2 N–H and O–H groups in total. The van der Waals surface area contributed by atoms with Gasteiger partial charge in [-0.05, 0) is 32.4 Å². The Kier molecular flexibility index (Phi) is 4.36. The summed E-state index contributed by atoms with van der Waals surface area (Å²) < 4.78 is 4.93. The molecule has 0 rings (SSSR count). The quantitative estimate of drug-likeness (QED) is 0.549. The van der Waals surface area contributed by atoms with Crippen LogP contribution in [0.3, 0.4) is 0 Å². The van der Waals surface area contributed by atoms with Gasteiger partial charge in [0.05, 0.1) is 12.5 Å². The first kappa shape index (κ1) is 12.4. The maximum Gasteiger partial charge on any atom is 0.308 e. The van der Waals surface area contributed by atoms with E-state index in [1.165, 1.54) is 0 Å². The Morgan fingerprint density at radius 1 is 1.46 bits per heavy atom. The highest BCUT2D eigenvalue weighted by atomic mass is 35.5. The molecule has 0 aliphatic carbocycles. The predicted octanol–water partition coefficient (Wildman–Crippen LogP) is 0.811. The van der Waals surface area contributed by atoms with Crippen LogP contribution in [-0.4, -0.2) is 22.9 Å². The van der Waals surface area contributed by atoms with E-state index in [1.54, 1.807) is 20.8 Å². The molecule has 1 atom stereocenters. The van der Waals surface area contributed by atoms with E-state index in [9.17, 15) is 9.59 Å². The summed E-state index contributed by atoms with van der Waals surface area (Å²) in [5, 5.41) is -0.731. The van der Waals surface area contributed by atoms with Gasteiger partial charge in [-0.1, -0.05) is 0 Å². The summed E-state index contributed by atoms with van der Waals surface area (Å²) in [7, 11) is 0. The van der Waals surface area contributed by atoms with Crippen LogP contribution in [0.15, 0.2) is 0 Å². The van der Waals surface area contributed by atoms with Crippen LogP contribution in [0.4, 0.5) is 0 Å². The van der Waals surface area contributed by atoms with Gasteiger partial charge in [-0.3, -0.25) is 9.59 Å². The van der Waals surface area contributed by atoms with Crippen LogP contribution in [0.25, 0.3) is 0 Å². The van der Waals surface area contributed by atoms with Gasteiger partial charge in [0.2, 0.25) is 5.24 Å². The van der Waals surface area contributed by atoms with Crippen LogP contribution in [0, 0.1) is 0 Å². The number of esters is 1. The van der Waals surface area contributed by atoms with Gasteiger partial charge in [0.1, 0.15) is 5.60 Å². The van der Waals surface area contributed by atoms with E-state index in [0.29, 0.717) is 0 Å². The lowest BCUT2D eigenvalue weighted by Crippen LogP contribution is -2.33. The second-order valence-corrected chi connectivity index (χ2v) is 4.07. The maximum absolute atomic E-state index is 11.1. The van der Waals surface area contributed by atoms with E-state index >= 15 is 0 Å². The van der Waals surface area contributed by atoms with Crippen molar-refractivity contribution in [1.29, 1.82) is 0 Å². The normalized spacial score (nSPS) is 13.6. The van der Waals surface area contributed by atoms with Gasteiger partial charge in [-0.25, -0.2) is 0 Å². The molecule has 5 heteroatoms. The van der Waals surface area contributed by atoms with Gasteiger partial charge < -0.3 is 10.5 Å². The van der Waals surface area contributed by atoms with Crippen molar-refractivity contribution in [1.82, 2.24) is 0 Å². The molecule has 1 unspecified atom stereocenters. The molecule has 0 aromatic heterocycles. The third-order valence-corrected chi connectivity index (χ3v) is 1.38. The number of hydrogen-bond acceptors (Lipinski definition) is 4. The highest BCUT2D eigenvalue weighted by Gasteiger charge is 2.21. The Morgan fingerprint density at radius 3 is 2.23 bits per heavy atom. The van der Waals surface area contributed by atoms with Crippen molar-refractivity contribution >= 4 is 22.8 Å². The van der Waals surface area contributed by atoms with Gasteiger partial charge in [-0.15, -0.1) is 0 Å². The van der Waals surface area contributed by atoms with Gasteiger partial charge >= 0.3 is 5.97 Å². The van der Waals surface area contributed by atoms with Gasteiger partial charge in [0.15, 0.2) is 0 Å². The molecule has 0 fully saturated rings. The molecule has 0 amide bonds. The Labute approximate surface area is 82.4 Å². The molecule has 0 bridgehead atoms. The highest BCUT2D eigenvalue weighted by molar-refractivity contribution is 6.64. The van der Waals surface area contributed by atoms with Gasteiger partial charge in [0, 0.05) is 0 Å². The fourth-order valence-corrected chi connectivity index (χ4v) is 0.720. The molecular weight excluding hydrogens is 194 g/mol. The van der Waals surface area contributed by atoms with E-state index in [1.807, 2.05) is 0 Å². The Balaban J connectivity index is 3.96. The molecule has 0 aromatic rings. The number of rotatable bonds is 3. The van der Waals surface area contributed by atoms with Gasteiger partial charge in [-0.2, -0.15) is 0 Å². The van der Waals surface area contributed by atoms with Crippen molar-refractivity contribution in [2.75, 3.05) is 0 Å². The minimum absolute atomic E-state index is 0.181. The smallest absolute Gasteiger partial charge is 0.308 e. The Bertz CT molecular complexity index is 210. The number of carbonyl (C=O) groups excluding carboxylic acids is 2. The minimum atomic E-state index is -0.975. The monoisotopic (exact) mass is 207 g/mol. The van der Waals surface area contributed by atoms with E-state index in [4.69, 9.17) is 22.1 Å². The molecule has 13 heavy (non-hydrogen) atoms. The third kappa shape index (κ3) is 6.54. The molecule has 0 saturated carbocycles. The first-order chi connectivity index (χ1) is 5.72. The van der Waals surface area contributed by atoms with E-state index in [-0.39, 0.29) is 6.42 Å². The van der Waals surface area contributed by atoms with Crippen molar-refractivity contribution in [2.45, 2.75) is 38.8 Å². The van der Waals surface area contributed by atoms with Crippen molar-refractivity contribution in [3.05, 3.63) is 0 Å². The highest BCUT2D eigenvalue weighted by Crippen LogP contribution is 2.09. The minimum Gasteiger partial charge on any atom is -0.460 e. The summed E-state index contributed by atoms with van der Waals surface area (Å²) in [6, 6.07) is -0.975. The molecular formula is C8H14ClNO3. The second kappa shape index (κ2) is 4.58. The largest absolute Gasteiger partial charge is 0.460 e. The summed E-state index contributed by atoms with van der Waals surface area (Å²) in [5.74, 6) is -0.519. The van der Waals surface area contributed by atoms with Crippen LogP contribution in [0.2, 0.25) is 0 Å². The summed E-state index contributed by atoms with van der Waals surface area (Å²) in [4.78, 5) is 21.5. The first-order valence-corrected chi connectivity index (χ1v) is 4.27. The summed E-state index contributed by atoms with van der Waals surface area (Å²) in [5.41, 5.74) is 4.69. The lowest BCUT2D eigenvalue weighted by molar-refractivity contribution is -0.155. The first-order valence-electron chi connectivity index (χ1n) is 3.89. The van der Waals surface area contributed by atoms with Crippen molar-refractivity contribution in [3.63, 3.8) is 0 Å². The molecule has 0 aliphatic rings. The number of nitrogens with two attached hydrogens (primary N) is 1.